The molecule has 0 aromatic rings. The predicted molar refractivity (Wildman–Crippen MR) is 111 cm³/mol. The van der Waals surface area contributed by atoms with Crippen molar-refractivity contribution in [1.82, 2.24) is 25.3 Å². The first-order chi connectivity index (χ1) is 13.6. The van der Waals surface area contributed by atoms with Crippen LogP contribution in [0.3, 0.4) is 0 Å². The van der Waals surface area contributed by atoms with Gasteiger partial charge in [0, 0.05) is 37.7 Å². The molecule has 8 nitrogen and oxygen atoms in total. The van der Waals surface area contributed by atoms with Crippen molar-refractivity contribution in [2.75, 3.05) is 19.6 Å². The lowest BCUT2D eigenvalue weighted by Crippen LogP contribution is -2.50. The van der Waals surface area contributed by atoms with E-state index in [1.807, 2.05) is 11.1 Å². The molecule has 2 aliphatic heterocycles. The van der Waals surface area contributed by atoms with Gasteiger partial charge in [-0.05, 0) is 19.3 Å². The summed E-state index contributed by atoms with van der Waals surface area (Å²) in [6, 6.07) is 0. The highest BCUT2D eigenvalue weighted by atomic mass is 32.2. The van der Waals surface area contributed by atoms with Crippen molar-refractivity contribution in [2.45, 2.75) is 59.3 Å². The van der Waals surface area contributed by atoms with E-state index in [0.717, 1.165) is 69.0 Å². The molecule has 1 aliphatic carbocycles. The average molecular weight is 409 g/mol. The first-order valence-corrected chi connectivity index (χ1v) is 11.3. The summed E-state index contributed by atoms with van der Waals surface area (Å²) in [6.07, 6.45) is 7.76. The van der Waals surface area contributed by atoms with Crippen LogP contribution in [0.4, 0.5) is 0 Å². The van der Waals surface area contributed by atoms with Gasteiger partial charge >= 0.3 is 0 Å². The SMILES string of the molecule is CCCCNC1=NN(N(CC)CC)NC(SN2C(=O)C3CCCCC3C2=O)=C1. The third-order valence-electron chi connectivity index (χ3n) is 5.51. The van der Waals surface area contributed by atoms with Crippen molar-refractivity contribution in [3.05, 3.63) is 11.1 Å². The second-order valence-electron chi connectivity index (χ2n) is 7.37. The van der Waals surface area contributed by atoms with Crippen LogP contribution >= 0.6 is 11.9 Å². The lowest BCUT2D eigenvalue weighted by Gasteiger charge is -2.34. The molecule has 0 spiro atoms. The molecule has 28 heavy (non-hydrogen) atoms. The van der Waals surface area contributed by atoms with Gasteiger partial charge in [0.2, 0.25) is 11.8 Å². The molecule has 1 saturated carbocycles. The molecular weight excluding hydrogens is 376 g/mol. The number of amidine groups is 1. The number of hydrazine groups is 2. The fraction of sp³-hybridized carbons (Fsp3) is 0.737. The van der Waals surface area contributed by atoms with E-state index >= 15 is 0 Å². The molecule has 2 amide bonds. The zero-order chi connectivity index (χ0) is 20.1. The first kappa shape index (κ1) is 21.0. The maximum atomic E-state index is 12.8. The number of hydrogen-bond acceptors (Lipinski definition) is 8. The molecule has 2 heterocycles. The number of hydrogen-bond donors (Lipinski definition) is 2. The molecule has 3 aliphatic rings. The number of nitrogens with one attached hydrogen (secondary N) is 2. The highest BCUT2D eigenvalue weighted by Crippen LogP contribution is 2.41. The van der Waals surface area contributed by atoms with E-state index in [0.29, 0.717) is 0 Å². The number of unbranched alkanes of at least 4 members (excludes halogenated alkanes) is 1. The molecule has 1 saturated heterocycles. The fourth-order valence-electron chi connectivity index (χ4n) is 3.88. The van der Waals surface area contributed by atoms with Crippen molar-refractivity contribution in [3.63, 3.8) is 0 Å². The lowest BCUT2D eigenvalue weighted by molar-refractivity contribution is -0.133. The number of hydrazone groups is 1. The van der Waals surface area contributed by atoms with Gasteiger partial charge in [0.05, 0.1) is 11.8 Å². The average Bonchev–Trinajstić information content (AvgIpc) is 2.94. The van der Waals surface area contributed by atoms with Crippen molar-refractivity contribution < 1.29 is 9.59 Å². The Morgan fingerprint density at radius 2 is 1.82 bits per heavy atom. The van der Waals surface area contributed by atoms with E-state index in [9.17, 15) is 9.59 Å². The van der Waals surface area contributed by atoms with Crippen LogP contribution in [-0.2, 0) is 9.59 Å². The second-order valence-corrected chi connectivity index (χ2v) is 8.36. The largest absolute Gasteiger partial charge is 0.368 e. The Morgan fingerprint density at radius 1 is 1.18 bits per heavy atom. The van der Waals surface area contributed by atoms with Gasteiger partial charge in [0.1, 0.15) is 5.03 Å². The number of carbonyl (C=O) groups is 2. The van der Waals surface area contributed by atoms with Crippen LogP contribution in [0.5, 0.6) is 0 Å². The number of carbonyl (C=O) groups excluding carboxylic acids is 2. The summed E-state index contributed by atoms with van der Waals surface area (Å²) in [5, 5.41) is 12.4. The minimum atomic E-state index is -0.132. The number of nitrogens with zero attached hydrogens (tertiary/aromatic N) is 4. The Hall–Kier alpha value is -1.74. The van der Waals surface area contributed by atoms with Crippen LogP contribution in [0.2, 0.25) is 0 Å². The number of fused-ring (bicyclic) bond motifs is 1. The summed E-state index contributed by atoms with van der Waals surface area (Å²) in [4.78, 5) is 25.6. The Kier molecular flexibility index (Phi) is 7.23. The van der Waals surface area contributed by atoms with E-state index in [1.165, 1.54) is 16.3 Å². The fourth-order valence-corrected chi connectivity index (χ4v) is 4.82. The van der Waals surface area contributed by atoms with Crippen molar-refractivity contribution in [1.29, 1.82) is 0 Å². The van der Waals surface area contributed by atoms with Crippen LogP contribution < -0.4 is 10.7 Å². The van der Waals surface area contributed by atoms with E-state index in [4.69, 9.17) is 0 Å². The molecule has 0 bridgehead atoms. The van der Waals surface area contributed by atoms with Crippen LogP contribution in [0.15, 0.2) is 16.2 Å². The first-order valence-electron chi connectivity index (χ1n) is 10.5. The standard InChI is InChI=1S/C19H32N6O2S/c1-4-7-12-20-16-13-17(22-25(21-16)23(5-2)6-3)28-24-18(26)14-10-8-9-11-15(14)19(24)27/h13-15,22H,4-12H2,1-3H3,(H,20,21). The molecular formula is C19H32N6O2S. The van der Waals surface area contributed by atoms with Gasteiger partial charge in [0.15, 0.2) is 5.84 Å². The minimum absolute atomic E-state index is 0.0419. The van der Waals surface area contributed by atoms with Crippen LogP contribution in [0.25, 0.3) is 0 Å². The molecule has 2 atom stereocenters. The molecule has 9 heteroatoms. The van der Waals surface area contributed by atoms with Gasteiger partial charge in [0.25, 0.3) is 0 Å². The van der Waals surface area contributed by atoms with Gasteiger partial charge < -0.3 is 5.32 Å². The Labute approximate surface area is 171 Å². The smallest absolute Gasteiger partial charge is 0.243 e. The van der Waals surface area contributed by atoms with Crippen LogP contribution in [-0.4, -0.2) is 51.8 Å². The molecule has 3 rings (SSSR count). The maximum Gasteiger partial charge on any atom is 0.243 e. The summed E-state index contributed by atoms with van der Waals surface area (Å²) >= 11 is 1.19. The van der Waals surface area contributed by atoms with Gasteiger partial charge in [-0.3, -0.25) is 15.0 Å². The third kappa shape index (κ3) is 4.46. The van der Waals surface area contributed by atoms with Gasteiger partial charge in [-0.1, -0.05) is 40.0 Å². The Bertz CT molecular complexity index is 624. The monoisotopic (exact) mass is 408 g/mol. The number of amides is 2. The van der Waals surface area contributed by atoms with Crippen molar-refractivity contribution in [2.24, 2.45) is 16.9 Å². The summed E-state index contributed by atoms with van der Waals surface area (Å²) in [5.74, 6) is 0.387. The van der Waals surface area contributed by atoms with E-state index in [-0.39, 0.29) is 23.7 Å². The van der Waals surface area contributed by atoms with Gasteiger partial charge in [-0.2, -0.15) is 5.01 Å². The van der Waals surface area contributed by atoms with E-state index in [1.54, 1.807) is 5.23 Å². The molecule has 156 valence electrons. The number of rotatable bonds is 8. The van der Waals surface area contributed by atoms with E-state index in [2.05, 4.69) is 36.6 Å². The molecule has 0 aromatic carbocycles. The zero-order valence-corrected chi connectivity index (χ0v) is 17.9. The molecule has 0 aromatic heterocycles. The minimum Gasteiger partial charge on any atom is -0.368 e. The van der Waals surface area contributed by atoms with Crippen molar-refractivity contribution in [3.8, 4) is 0 Å². The van der Waals surface area contributed by atoms with Gasteiger partial charge in [-0.25, -0.2) is 4.31 Å². The zero-order valence-electron chi connectivity index (χ0n) is 17.1. The van der Waals surface area contributed by atoms with Crippen LogP contribution in [0, 0.1) is 11.8 Å². The quantitative estimate of drug-likeness (QED) is 0.363. The van der Waals surface area contributed by atoms with Gasteiger partial charge in [-0.15, -0.1) is 10.3 Å². The van der Waals surface area contributed by atoms with Crippen molar-refractivity contribution >= 4 is 29.6 Å². The van der Waals surface area contributed by atoms with Crippen LogP contribution in [0.1, 0.15) is 59.3 Å². The number of imide groups is 1. The normalized spacial score (nSPS) is 24.9. The summed E-state index contributed by atoms with van der Waals surface area (Å²) in [5.41, 5.74) is 3.23. The molecule has 2 unspecified atom stereocenters. The molecule has 0 radical (unpaired) electrons. The van der Waals surface area contributed by atoms with E-state index < -0.39 is 0 Å². The second kappa shape index (κ2) is 9.65. The highest BCUT2D eigenvalue weighted by Gasteiger charge is 2.49. The topological polar surface area (TPSA) is 80.3 Å². The Morgan fingerprint density at radius 3 is 2.39 bits per heavy atom. The predicted octanol–water partition coefficient (Wildman–Crippen LogP) is 2.43. The summed E-state index contributed by atoms with van der Waals surface area (Å²) in [6.45, 7) is 8.69. The maximum absolute atomic E-state index is 12.8. The molecule has 2 N–H and O–H groups in total. The lowest BCUT2D eigenvalue weighted by atomic mass is 9.81. The third-order valence-corrected chi connectivity index (χ3v) is 6.45. The Balaban J connectivity index is 1.74. The highest BCUT2D eigenvalue weighted by molar-refractivity contribution is 8.01. The molecule has 2 fully saturated rings. The summed E-state index contributed by atoms with van der Waals surface area (Å²) < 4.78 is 1.37. The summed E-state index contributed by atoms with van der Waals surface area (Å²) in [7, 11) is 0.